The summed E-state index contributed by atoms with van der Waals surface area (Å²) in [5, 5.41) is 6.70. The van der Waals surface area contributed by atoms with Crippen LogP contribution in [0.2, 0.25) is 0 Å². The second kappa shape index (κ2) is 9.82. The van der Waals surface area contributed by atoms with Gasteiger partial charge in [-0.2, -0.15) is 0 Å². The summed E-state index contributed by atoms with van der Waals surface area (Å²) in [6, 6.07) is 7.91. The maximum Gasteiger partial charge on any atom is 0.160 e. The van der Waals surface area contributed by atoms with E-state index in [0.29, 0.717) is 0 Å². The van der Waals surface area contributed by atoms with E-state index in [0.717, 1.165) is 55.0 Å². The number of ether oxygens (including phenoxy) is 2. The average molecular weight is 359 g/mol. The van der Waals surface area contributed by atoms with Gasteiger partial charge in [0, 0.05) is 25.7 Å². The normalized spacial score (nSPS) is 10.7. The average Bonchev–Trinajstić information content (AvgIpc) is 2.61. The lowest BCUT2D eigenvalue weighted by molar-refractivity contribution is 0.354. The minimum absolute atomic E-state index is 0.740. The van der Waals surface area contributed by atoms with E-state index in [-0.39, 0.29) is 0 Å². The van der Waals surface area contributed by atoms with Crippen molar-refractivity contribution >= 4 is 11.6 Å². The molecule has 7 heteroatoms. The standard InChI is InChI=1S/C19H29N5O2/c1-14-22-18(13-19(23-14)21-10-11-24(2)3)20-9-8-15-6-7-16(25-4)17(12-15)26-5/h6-7,12-13H,8-11H2,1-5H3,(H2,20,21,22,23). The van der Waals surface area contributed by atoms with Gasteiger partial charge >= 0.3 is 0 Å². The Bertz CT molecular complexity index is 706. The first kappa shape index (κ1) is 19.8. The van der Waals surface area contributed by atoms with Gasteiger partial charge in [0.05, 0.1) is 14.2 Å². The molecule has 142 valence electrons. The highest BCUT2D eigenvalue weighted by molar-refractivity contribution is 5.48. The van der Waals surface area contributed by atoms with Crippen LogP contribution in [-0.2, 0) is 6.42 Å². The van der Waals surface area contributed by atoms with E-state index >= 15 is 0 Å². The number of nitrogens with one attached hydrogen (secondary N) is 2. The molecule has 0 saturated carbocycles. The van der Waals surface area contributed by atoms with E-state index in [9.17, 15) is 0 Å². The van der Waals surface area contributed by atoms with Gasteiger partial charge in [-0.25, -0.2) is 9.97 Å². The molecule has 7 nitrogen and oxygen atoms in total. The molecule has 26 heavy (non-hydrogen) atoms. The van der Waals surface area contributed by atoms with E-state index in [4.69, 9.17) is 9.47 Å². The van der Waals surface area contributed by atoms with Crippen molar-refractivity contribution in [2.45, 2.75) is 13.3 Å². The lowest BCUT2D eigenvalue weighted by atomic mass is 10.1. The van der Waals surface area contributed by atoms with Crippen LogP contribution in [0.5, 0.6) is 11.5 Å². The molecule has 0 amide bonds. The molecule has 0 atom stereocenters. The summed E-state index contributed by atoms with van der Waals surface area (Å²) in [4.78, 5) is 11.0. The molecule has 2 aromatic rings. The molecule has 1 heterocycles. The second-order valence-electron chi connectivity index (χ2n) is 6.28. The summed E-state index contributed by atoms with van der Waals surface area (Å²) in [5.74, 6) is 3.89. The van der Waals surface area contributed by atoms with Gasteiger partial charge in [0.15, 0.2) is 11.5 Å². The van der Waals surface area contributed by atoms with Gasteiger partial charge in [-0.3, -0.25) is 0 Å². The number of hydrogen-bond donors (Lipinski definition) is 2. The van der Waals surface area contributed by atoms with Crippen molar-refractivity contribution in [3.63, 3.8) is 0 Å². The Morgan fingerprint density at radius 1 is 0.923 bits per heavy atom. The number of hydrogen-bond acceptors (Lipinski definition) is 7. The summed E-state index contributed by atoms with van der Waals surface area (Å²) in [6.07, 6.45) is 0.854. The molecule has 0 bridgehead atoms. The Kier molecular flexibility index (Phi) is 7.47. The van der Waals surface area contributed by atoms with Gasteiger partial charge in [-0.05, 0) is 45.1 Å². The van der Waals surface area contributed by atoms with Crippen molar-refractivity contribution in [3.8, 4) is 11.5 Å². The Labute approximate surface area is 155 Å². The summed E-state index contributed by atoms with van der Waals surface area (Å²) in [5.41, 5.74) is 1.17. The zero-order chi connectivity index (χ0) is 18.9. The van der Waals surface area contributed by atoms with Crippen LogP contribution in [0, 0.1) is 6.92 Å². The van der Waals surface area contributed by atoms with Crippen LogP contribution in [0.15, 0.2) is 24.3 Å². The van der Waals surface area contributed by atoms with Crippen molar-refractivity contribution in [2.75, 3.05) is 58.6 Å². The van der Waals surface area contributed by atoms with E-state index in [1.165, 1.54) is 5.56 Å². The Morgan fingerprint density at radius 2 is 1.58 bits per heavy atom. The lowest BCUT2D eigenvalue weighted by Crippen LogP contribution is -2.21. The van der Waals surface area contributed by atoms with Crippen LogP contribution < -0.4 is 20.1 Å². The maximum atomic E-state index is 5.35. The Morgan fingerprint density at radius 3 is 2.19 bits per heavy atom. The SMILES string of the molecule is COc1ccc(CCNc2cc(NCCN(C)C)nc(C)n2)cc1OC. The van der Waals surface area contributed by atoms with Crippen LogP contribution in [0.1, 0.15) is 11.4 Å². The van der Waals surface area contributed by atoms with Gasteiger partial charge in [-0.15, -0.1) is 0 Å². The third-order valence-electron chi connectivity index (χ3n) is 3.87. The first-order chi connectivity index (χ1) is 12.5. The smallest absolute Gasteiger partial charge is 0.160 e. The number of nitrogens with zero attached hydrogens (tertiary/aromatic N) is 3. The van der Waals surface area contributed by atoms with E-state index < -0.39 is 0 Å². The number of likely N-dealkylation sites (N-methyl/N-ethyl adjacent to an activating group) is 1. The maximum absolute atomic E-state index is 5.35. The second-order valence-corrected chi connectivity index (χ2v) is 6.28. The molecule has 0 aliphatic carbocycles. The third-order valence-corrected chi connectivity index (χ3v) is 3.87. The summed E-state index contributed by atoms with van der Waals surface area (Å²) in [7, 11) is 7.39. The fourth-order valence-electron chi connectivity index (χ4n) is 2.53. The molecule has 0 aliphatic heterocycles. The number of anilines is 2. The molecule has 0 spiro atoms. The number of aromatic nitrogens is 2. The molecule has 0 saturated heterocycles. The summed E-state index contributed by atoms with van der Waals surface area (Å²) < 4.78 is 10.6. The fourth-order valence-corrected chi connectivity index (χ4v) is 2.53. The number of aryl methyl sites for hydroxylation is 1. The zero-order valence-corrected chi connectivity index (χ0v) is 16.3. The number of rotatable bonds is 10. The van der Waals surface area contributed by atoms with Crippen molar-refractivity contribution in [1.29, 1.82) is 0 Å². The minimum atomic E-state index is 0.740. The van der Waals surface area contributed by atoms with Gasteiger partial charge in [0.2, 0.25) is 0 Å². The quantitative estimate of drug-likeness (QED) is 0.675. The molecule has 1 aromatic heterocycles. The molecular formula is C19H29N5O2. The molecule has 0 fully saturated rings. The molecule has 1 aromatic carbocycles. The molecule has 0 aliphatic rings. The number of benzene rings is 1. The summed E-state index contributed by atoms with van der Waals surface area (Å²) in [6.45, 7) is 4.46. The van der Waals surface area contributed by atoms with E-state index in [2.05, 4.69) is 25.5 Å². The van der Waals surface area contributed by atoms with E-state index in [1.807, 2.05) is 45.3 Å². The van der Waals surface area contributed by atoms with Crippen LogP contribution >= 0.6 is 0 Å². The molecule has 2 N–H and O–H groups in total. The van der Waals surface area contributed by atoms with E-state index in [1.54, 1.807) is 14.2 Å². The minimum Gasteiger partial charge on any atom is -0.493 e. The Balaban J connectivity index is 1.91. The highest BCUT2D eigenvalue weighted by Crippen LogP contribution is 2.27. The largest absolute Gasteiger partial charge is 0.493 e. The molecule has 0 radical (unpaired) electrons. The number of methoxy groups -OCH3 is 2. The van der Waals surface area contributed by atoms with Gasteiger partial charge in [-0.1, -0.05) is 6.07 Å². The highest BCUT2D eigenvalue weighted by atomic mass is 16.5. The van der Waals surface area contributed by atoms with Crippen molar-refractivity contribution in [1.82, 2.24) is 14.9 Å². The van der Waals surface area contributed by atoms with Gasteiger partial charge in [0.1, 0.15) is 17.5 Å². The molecule has 2 rings (SSSR count). The zero-order valence-electron chi connectivity index (χ0n) is 16.3. The van der Waals surface area contributed by atoms with Crippen molar-refractivity contribution < 1.29 is 9.47 Å². The lowest BCUT2D eigenvalue weighted by Gasteiger charge is -2.13. The van der Waals surface area contributed by atoms with Crippen LogP contribution in [0.4, 0.5) is 11.6 Å². The fraction of sp³-hybridized carbons (Fsp3) is 0.474. The Hall–Kier alpha value is -2.54. The molecular weight excluding hydrogens is 330 g/mol. The van der Waals surface area contributed by atoms with Crippen LogP contribution in [0.3, 0.4) is 0 Å². The van der Waals surface area contributed by atoms with Gasteiger partial charge < -0.3 is 25.0 Å². The monoisotopic (exact) mass is 359 g/mol. The topological polar surface area (TPSA) is 71.5 Å². The molecule has 0 unspecified atom stereocenters. The van der Waals surface area contributed by atoms with Crippen molar-refractivity contribution in [2.24, 2.45) is 0 Å². The van der Waals surface area contributed by atoms with Crippen molar-refractivity contribution in [3.05, 3.63) is 35.7 Å². The van der Waals surface area contributed by atoms with Crippen LogP contribution in [-0.4, -0.2) is 62.8 Å². The van der Waals surface area contributed by atoms with Crippen LogP contribution in [0.25, 0.3) is 0 Å². The van der Waals surface area contributed by atoms with Gasteiger partial charge in [0.25, 0.3) is 0 Å². The predicted molar refractivity (Wildman–Crippen MR) is 106 cm³/mol. The predicted octanol–water partition coefficient (Wildman–Crippen LogP) is 2.43. The first-order valence-electron chi connectivity index (χ1n) is 8.71. The first-order valence-corrected chi connectivity index (χ1v) is 8.71. The third kappa shape index (κ3) is 6.07. The highest BCUT2D eigenvalue weighted by Gasteiger charge is 2.05. The summed E-state index contributed by atoms with van der Waals surface area (Å²) >= 11 is 0.